The topological polar surface area (TPSA) is 68.8 Å². The van der Waals surface area contributed by atoms with Gasteiger partial charge in [0.25, 0.3) is 5.91 Å². The number of benzene rings is 3. The zero-order valence-electron chi connectivity index (χ0n) is 18.7. The highest BCUT2D eigenvalue weighted by atomic mass is 32.1. The highest BCUT2D eigenvalue weighted by molar-refractivity contribution is 7.80. The predicted molar refractivity (Wildman–Crippen MR) is 134 cm³/mol. The second-order valence-electron chi connectivity index (χ2n) is 7.68. The lowest BCUT2D eigenvalue weighted by Crippen LogP contribution is -2.34. The minimum absolute atomic E-state index is 0.193. The first-order valence-electron chi connectivity index (χ1n) is 10.8. The highest BCUT2D eigenvalue weighted by Crippen LogP contribution is 2.18. The van der Waals surface area contributed by atoms with Gasteiger partial charge in [-0.05, 0) is 60.6 Å². The maximum absolute atomic E-state index is 12.6. The molecule has 0 bridgehead atoms. The van der Waals surface area contributed by atoms with E-state index in [0.29, 0.717) is 48.5 Å². The fraction of sp³-hybridized carbons (Fsp3) is 0.231. The molecule has 6 nitrogen and oxygen atoms in total. The largest absolute Gasteiger partial charge is 0.493 e. The molecule has 0 atom stereocenters. The van der Waals surface area contributed by atoms with Crippen molar-refractivity contribution in [1.82, 2.24) is 5.32 Å². The van der Waals surface area contributed by atoms with Gasteiger partial charge >= 0.3 is 0 Å². The lowest BCUT2D eigenvalue weighted by atomic mass is 10.2. The summed E-state index contributed by atoms with van der Waals surface area (Å²) in [6.45, 7) is 5.55. The Kier molecular flexibility index (Phi) is 9.08. The van der Waals surface area contributed by atoms with E-state index in [9.17, 15) is 4.79 Å². The van der Waals surface area contributed by atoms with Gasteiger partial charge in [-0.25, -0.2) is 0 Å². The van der Waals surface area contributed by atoms with Crippen LogP contribution in [0.1, 0.15) is 24.2 Å². The summed E-state index contributed by atoms with van der Waals surface area (Å²) in [7, 11) is 0. The second kappa shape index (κ2) is 12.5. The standard InChI is InChI=1S/C26H28N2O4S/c1-19(2)18-32-23-12-6-8-20(16-23)25(29)28-26(33)27-21-9-7-13-24(17-21)31-15-14-30-22-10-4-3-5-11-22/h3-13,16-17,19H,14-15,18H2,1-2H3,(H2,27,28,29,33). The molecule has 0 aliphatic carbocycles. The fourth-order valence-electron chi connectivity index (χ4n) is 2.83. The third-order valence-corrected chi connectivity index (χ3v) is 4.57. The minimum atomic E-state index is -0.312. The van der Waals surface area contributed by atoms with Crippen LogP contribution in [0.5, 0.6) is 17.2 Å². The number of ether oxygens (including phenoxy) is 3. The molecule has 2 N–H and O–H groups in total. The molecule has 1 amide bonds. The van der Waals surface area contributed by atoms with Gasteiger partial charge in [-0.2, -0.15) is 0 Å². The molecule has 3 aromatic carbocycles. The van der Waals surface area contributed by atoms with Crippen LogP contribution in [0.3, 0.4) is 0 Å². The normalized spacial score (nSPS) is 10.4. The van der Waals surface area contributed by atoms with Crippen molar-refractivity contribution in [2.45, 2.75) is 13.8 Å². The molecule has 0 unspecified atom stereocenters. The third-order valence-electron chi connectivity index (χ3n) is 4.36. The van der Waals surface area contributed by atoms with Crippen LogP contribution in [0.4, 0.5) is 5.69 Å². The van der Waals surface area contributed by atoms with Gasteiger partial charge in [0.15, 0.2) is 5.11 Å². The van der Waals surface area contributed by atoms with Crippen molar-refractivity contribution in [3.63, 3.8) is 0 Å². The Bertz CT molecular complexity index is 1060. The van der Waals surface area contributed by atoms with E-state index in [1.54, 1.807) is 24.3 Å². The number of carbonyl (C=O) groups is 1. The number of nitrogens with one attached hydrogen (secondary N) is 2. The number of anilines is 1. The fourth-order valence-corrected chi connectivity index (χ4v) is 3.04. The number of amides is 1. The molecule has 0 radical (unpaired) electrons. The molecule has 0 aliphatic rings. The van der Waals surface area contributed by atoms with Gasteiger partial charge in [0, 0.05) is 17.3 Å². The van der Waals surface area contributed by atoms with Crippen molar-refractivity contribution < 1.29 is 19.0 Å². The number of hydrogen-bond donors (Lipinski definition) is 2. The molecule has 0 saturated heterocycles. The molecule has 0 fully saturated rings. The predicted octanol–water partition coefficient (Wildman–Crippen LogP) is 5.31. The van der Waals surface area contributed by atoms with Crippen LogP contribution < -0.4 is 24.8 Å². The summed E-state index contributed by atoms with van der Waals surface area (Å²) in [5, 5.41) is 5.90. The summed E-state index contributed by atoms with van der Waals surface area (Å²) in [6, 6.07) is 23.9. The number of thiocarbonyl (C=S) groups is 1. The average molecular weight is 465 g/mol. The number of carbonyl (C=O) groups excluding carboxylic acids is 1. The first-order chi connectivity index (χ1) is 16.0. The lowest BCUT2D eigenvalue weighted by Gasteiger charge is -2.13. The Morgan fingerprint density at radius 1 is 0.818 bits per heavy atom. The van der Waals surface area contributed by atoms with E-state index in [1.807, 2.05) is 54.6 Å². The highest BCUT2D eigenvalue weighted by Gasteiger charge is 2.10. The van der Waals surface area contributed by atoms with E-state index in [0.717, 1.165) is 5.75 Å². The molecule has 3 rings (SSSR count). The lowest BCUT2D eigenvalue weighted by molar-refractivity contribution is 0.0977. The molecule has 0 heterocycles. The van der Waals surface area contributed by atoms with E-state index in [4.69, 9.17) is 26.4 Å². The molecule has 0 spiro atoms. The molecular weight excluding hydrogens is 436 g/mol. The Morgan fingerprint density at radius 3 is 2.18 bits per heavy atom. The van der Waals surface area contributed by atoms with E-state index < -0.39 is 0 Å². The molecule has 3 aromatic rings. The van der Waals surface area contributed by atoms with Crippen molar-refractivity contribution >= 4 is 28.9 Å². The van der Waals surface area contributed by atoms with Crippen molar-refractivity contribution in [3.8, 4) is 17.2 Å². The monoisotopic (exact) mass is 464 g/mol. The number of para-hydroxylation sites is 1. The van der Waals surface area contributed by atoms with Crippen LogP contribution in [0.2, 0.25) is 0 Å². The van der Waals surface area contributed by atoms with E-state index in [1.165, 1.54) is 0 Å². The summed E-state index contributed by atoms with van der Waals surface area (Å²) in [5.74, 6) is 2.20. The molecule has 0 saturated carbocycles. The Hall–Kier alpha value is -3.58. The third kappa shape index (κ3) is 8.46. The van der Waals surface area contributed by atoms with E-state index in [-0.39, 0.29) is 11.0 Å². The minimum Gasteiger partial charge on any atom is -0.493 e. The van der Waals surface area contributed by atoms with Crippen molar-refractivity contribution in [1.29, 1.82) is 0 Å². The van der Waals surface area contributed by atoms with Crippen LogP contribution in [0, 0.1) is 5.92 Å². The summed E-state index contributed by atoms with van der Waals surface area (Å²) >= 11 is 5.30. The Balaban J connectivity index is 1.47. The maximum Gasteiger partial charge on any atom is 0.257 e. The first kappa shape index (κ1) is 24.1. The molecule has 0 aliphatic heterocycles. The summed E-state index contributed by atoms with van der Waals surface area (Å²) < 4.78 is 17.1. The van der Waals surface area contributed by atoms with Crippen LogP contribution in [-0.4, -0.2) is 30.8 Å². The first-order valence-corrected chi connectivity index (χ1v) is 11.2. The maximum atomic E-state index is 12.6. The smallest absolute Gasteiger partial charge is 0.257 e. The van der Waals surface area contributed by atoms with Crippen molar-refractivity contribution in [2.24, 2.45) is 5.92 Å². The van der Waals surface area contributed by atoms with Crippen molar-refractivity contribution in [3.05, 3.63) is 84.4 Å². The van der Waals surface area contributed by atoms with Gasteiger partial charge in [-0.15, -0.1) is 0 Å². The summed E-state index contributed by atoms with van der Waals surface area (Å²) in [4.78, 5) is 12.6. The number of rotatable bonds is 10. The summed E-state index contributed by atoms with van der Waals surface area (Å²) in [5.41, 5.74) is 1.17. The van der Waals surface area contributed by atoms with Crippen LogP contribution in [-0.2, 0) is 0 Å². The quantitative estimate of drug-likeness (QED) is 0.313. The second-order valence-corrected chi connectivity index (χ2v) is 8.09. The van der Waals surface area contributed by atoms with Crippen LogP contribution in [0.25, 0.3) is 0 Å². The van der Waals surface area contributed by atoms with Gasteiger partial charge < -0.3 is 19.5 Å². The zero-order chi connectivity index (χ0) is 23.5. The van der Waals surface area contributed by atoms with Gasteiger partial charge in [0.1, 0.15) is 30.5 Å². The van der Waals surface area contributed by atoms with E-state index >= 15 is 0 Å². The van der Waals surface area contributed by atoms with Crippen LogP contribution >= 0.6 is 12.2 Å². The molecule has 7 heteroatoms. The number of hydrogen-bond acceptors (Lipinski definition) is 5. The van der Waals surface area contributed by atoms with Gasteiger partial charge in [-0.3, -0.25) is 10.1 Å². The summed E-state index contributed by atoms with van der Waals surface area (Å²) in [6.07, 6.45) is 0. The zero-order valence-corrected chi connectivity index (χ0v) is 19.6. The van der Waals surface area contributed by atoms with Gasteiger partial charge in [0.2, 0.25) is 0 Å². The van der Waals surface area contributed by atoms with Crippen LogP contribution in [0.15, 0.2) is 78.9 Å². The van der Waals surface area contributed by atoms with Gasteiger partial charge in [0.05, 0.1) is 6.61 Å². The Labute approximate surface area is 199 Å². The Morgan fingerprint density at radius 2 is 1.45 bits per heavy atom. The van der Waals surface area contributed by atoms with Crippen molar-refractivity contribution in [2.75, 3.05) is 25.1 Å². The molecule has 0 aromatic heterocycles. The van der Waals surface area contributed by atoms with Gasteiger partial charge in [-0.1, -0.05) is 44.2 Å². The molecule has 33 heavy (non-hydrogen) atoms. The SMILES string of the molecule is CC(C)COc1cccc(C(=O)NC(=S)Nc2cccc(OCCOc3ccccc3)c2)c1. The molecule has 172 valence electrons. The molecular formula is C26H28N2O4S. The van der Waals surface area contributed by atoms with E-state index in [2.05, 4.69) is 24.5 Å². The average Bonchev–Trinajstić information content (AvgIpc) is 2.81.